The van der Waals surface area contributed by atoms with Gasteiger partial charge < -0.3 is 9.15 Å². The Bertz CT molecular complexity index is 566. The van der Waals surface area contributed by atoms with Crippen molar-refractivity contribution < 1.29 is 13.9 Å². The Morgan fingerprint density at radius 3 is 2.75 bits per heavy atom. The summed E-state index contributed by atoms with van der Waals surface area (Å²) in [7, 11) is 0. The van der Waals surface area contributed by atoms with Gasteiger partial charge in [0.25, 0.3) is 5.89 Å². The van der Waals surface area contributed by atoms with Gasteiger partial charge in [-0.2, -0.15) is 0 Å². The number of hydrogen-bond acceptors (Lipinski definition) is 5. The molecule has 0 atom stereocenters. The summed E-state index contributed by atoms with van der Waals surface area (Å²) >= 11 is 5.81. The zero-order valence-electron chi connectivity index (χ0n) is 11.1. The second-order valence-corrected chi connectivity index (χ2v) is 4.71. The molecule has 0 fully saturated rings. The third kappa shape index (κ3) is 4.06. The van der Waals surface area contributed by atoms with E-state index < -0.39 is 0 Å². The van der Waals surface area contributed by atoms with Crippen molar-refractivity contribution >= 4 is 17.6 Å². The highest BCUT2D eigenvalue weighted by molar-refractivity contribution is 6.30. The molecule has 0 radical (unpaired) electrons. The number of carbonyl (C=O) groups is 1. The van der Waals surface area contributed by atoms with Crippen molar-refractivity contribution in [2.75, 3.05) is 0 Å². The van der Waals surface area contributed by atoms with Crippen LogP contribution in [0.2, 0.25) is 5.02 Å². The zero-order chi connectivity index (χ0) is 14.4. The van der Waals surface area contributed by atoms with Gasteiger partial charge in [0, 0.05) is 17.0 Å². The van der Waals surface area contributed by atoms with E-state index in [1.165, 1.54) is 0 Å². The van der Waals surface area contributed by atoms with Crippen LogP contribution in [0, 0.1) is 0 Å². The third-order valence-corrected chi connectivity index (χ3v) is 2.90. The smallest absolute Gasteiger partial charge is 0.306 e. The summed E-state index contributed by atoms with van der Waals surface area (Å²) in [5.41, 5.74) is 0.769. The molecule has 0 bridgehead atoms. The Kier molecular flexibility index (Phi) is 5.12. The Balaban J connectivity index is 1.92. The van der Waals surface area contributed by atoms with Crippen LogP contribution in [-0.2, 0) is 16.1 Å². The van der Waals surface area contributed by atoms with Crippen LogP contribution in [0.5, 0.6) is 0 Å². The average molecular weight is 295 g/mol. The van der Waals surface area contributed by atoms with E-state index in [1.54, 1.807) is 24.3 Å². The van der Waals surface area contributed by atoms with E-state index in [-0.39, 0.29) is 18.5 Å². The predicted octanol–water partition coefficient (Wildman–Crippen LogP) is 3.62. The normalized spacial score (nSPS) is 10.5. The summed E-state index contributed by atoms with van der Waals surface area (Å²) in [5, 5.41) is 8.38. The quantitative estimate of drug-likeness (QED) is 0.761. The molecule has 2 aromatic rings. The van der Waals surface area contributed by atoms with E-state index in [2.05, 4.69) is 10.2 Å². The van der Waals surface area contributed by atoms with Gasteiger partial charge in [-0.1, -0.05) is 24.9 Å². The lowest BCUT2D eigenvalue weighted by molar-refractivity contribution is -0.145. The van der Waals surface area contributed by atoms with Gasteiger partial charge in [0.1, 0.15) is 0 Å². The first-order chi connectivity index (χ1) is 9.69. The number of hydrogen-bond donors (Lipinski definition) is 0. The minimum atomic E-state index is -0.252. The molecule has 0 aliphatic carbocycles. The van der Waals surface area contributed by atoms with Crippen LogP contribution in [0.3, 0.4) is 0 Å². The molecule has 6 heteroatoms. The first-order valence-corrected chi connectivity index (χ1v) is 6.80. The fraction of sp³-hybridized carbons (Fsp3) is 0.357. The third-order valence-electron chi connectivity index (χ3n) is 2.65. The molecule has 106 valence electrons. The minimum Gasteiger partial charge on any atom is -0.456 e. The van der Waals surface area contributed by atoms with Crippen LogP contribution in [-0.4, -0.2) is 16.2 Å². The highest BCUT2D eigenvalue weighted by Gasteiger charge is 2.10. The second kappa shape index (κ2) is 7.05. The first-order valence-electron chi connectivity index (χ1n) is 6.43. The van der Waals surface area contributed by atoms with Gasteiger partial charge in [0.2, 0.25) is 5.89 Å². The van der Waals surface area contributed by atoms with Crippen LogP contribution < -0.4 is 0 Å². The molecule has 2 rings (SSSR count). The van der Waals surface area contributed by atoms with Crippen LogP contribution in [0.25, 0.3) is 11.5 Å². The Hall–Kier alpha value is -1.88. The molecular formula is C14H15ClN2O3. The number of benzene rings is 1. The van der Waals surface area contributed by atoms with E-state index in [4.69, 9.17) is 20.8 Å². The Morgan fingerprint density at radius 2 is 2.05 bits per heavy atom. The molecule has 0 saturated heterocycles. The Labute approximate surface area is 121 Å². The van der Waals surface area contributed by atoms with Crippen molar-refractivity contribution in [3.05, 3.63) is 35.2 Å². The number of unbranched alkanes of at least 4 members (excludes halogenated alkanes) is 1. The summed E-state index contributed by atoms with van der Waals surface area (Å²) in [6.45, 7) is 2.02. The van der Waals surface area contributed by atoms with Gasteiger partial charge >= 0.3 is 5.97 Å². The molecule has 0 amide bonds. The van der Waals surface area contributed by atoms with E-state index >= 15 is 0 Å². The van der Waals surface area contributed by atoms with Crippen molar-refractivity contribution in [3.63, 3.8) is 0 Å². The fourth-order valence-corrected chi connectivity index (χ4v) is 1.68. The molecule has 0 N–H and O–H groups in total. The van der Waals surface area contributed by atoms with Crippen molar-refractivity contribution in [1.29, 1.82) is 0 Å². The maximum atomic E-state index is 11.4. The lowest BCUT2D eigenvalue weighted by Crippen LogP contribution is -2.04. The van der Waals surface area contributed by atoms with Crippen LogP contribution in [0.4, 0.5) is 0 Å². The van der Waals surface area contributed by atoms with Crippen molar-refractivity contribution in [1.82, 2.24) is 10.2 Å². The molecule has 20 heavy (non-hydrogen) atoms. The molecular weight excluding hydrogens is 280 g/mol. The molecule has 0 aliphatic heterocycles. The largest absolute Gasteiger partial charge is 0.456 e. The van der Waals surface area contributed by atoms with Crippen LogP contribution in [0.1, 0.15) is 32.1 Å². The van der Waals surface area contributed by atoms with Crippen molar-refractivity contribution in [3.8, 4) is 11.5 Å². The van der Waals surface area contributed by atoms with E-state index in [1.807, 2.05) is 6.92 Å². The predicted molar refractivity (Wildman–Crippen MR) is 74.1 cm³/mol. The second-order valence-electron chi connectivity index (χ2n) is 4.27. The molecule has 0 aliphatic rings. The summed E-state index contributed by atoms with van der Waals surface area (Å²) in [5.74, 6) is 0.402. The number of esters is 1. The molecule has 0 spiro atoms. The number of nitrogens with zero attached hydrogens (tertiary/aromatic N) is 2. The van der Waals surface area contributed by atoms with Gasteiger partial charge in [0.15, 0.2) is 6.61 Å². The van der Waals surface area contributed by atoms with Crippen molar-refractivity contribution in [2.24, 2.45) is 0 Å². The number of carbonyl (C=O) groups excluding carboxylic acids is 1. The molecule has 1 aromatic carbocycles. The SMILES string of the molecule is CCCCC(=O)OCc1nnc(-c2ccc(Cl)cc2)o1. The fourth-order valence-electron chi connectivity index (χ4n) is 1.56. The molecule has 0 unspecified atom stereocenters. The molecule has 1 aromatic heterocycles. The zero-order valence-corrected chi connectivity index (χ0v) is 11.9. The average Bonchev–Trinajstić information content (AvgIpc) is 2.92. The summed E-state index contributed by atoms with van der Waals surface area (Å²) in [4.78, 5) is 11.4. The standard InChI is InChI=1S/C14H15ClN2O3/c1-2-3-4-13(18)19-9-12-16-17-14(20-12)10-5-7-11(15)8-6-10/h5-8H,2-4,9H2,1H3. The lowest BCUT2D eigenvalue weighted by Gasteiger charge is -2.00. The summed E-state index contributed by atoms with van der Waals surface area (Å²) in [6, 6.07) is 7.05. The van der Waals surface area contributed by atoms with Gasteiger partial charge in [-0.05, 0) is 30.7 Å². The van der Waals surface area contributed by atoms with E-state index in [0.717, 1.165) is 18.4 Å². The van der Waals surface area contributed by atoms with Crippen LogP contribution >= 0.6 is 11.6 Å². The highest BCUT2D eigenvalue weighted by atomic mass is 35.5. The molecule has 0 saturated carbocycles. The van der Waals surface area contributed by atoms with Gasteiger partial charge in [0.05, 0.1) is 0 Å². The lowest BCUT2D eigenvalue weighted by atomic mass is 10.2. The minimum absolute atomic E-state index is 0.00311. The van der Waals surface area contributed by atoms with Gasteiger partial charge in [-0.3, -0.25) is 4.79 Å². The number of rotatable bonds is 6. The maximum Gasteiger partial charge on any atom is 0.306 e. The van der Waals surface area contributed by atoms with E-state index in [9.17, 15) is 4.79 Å². The number of ether oxygens (including phenoxy) is 1. The van der Waals surface area contributed by atoms with E-state index in [0.29, 0.717) is 17.3 Å². The summed E-state index contributed by atoms with van der Waals surface area (Å²) in [6.07, 6.45) is 2.18. The maximum absolute atomic E-state index is 11.4. The number of aromatic nitrogens is 2. The highest BCUT2D eigenvalue weighted by Crippen LogP contribution is 2.20. The van der Waals surface area contributed by atoms with Crippen LogP contribution in [0.15, 0.2) is 28.7 Å². The summed E-state index contributed by atoms with van der Waals surface area (Å²) < 4.78 is 10.5. The Morgan fingerprint density at radius 1 is 1.30 bits per heavy atom. The molecule has 1 heterocycles. The van der Waals surface area contributed by atoms with Gasteiger partial charge in [-0.25, -0.2) is 0 Å². The molecule has 5 nitrogen and oxygen atoms in total. The van der Waals surface area contributed by atoms with Gasteiger partial charge in [-0.15, -0.1) is 10.2 Å². The topological polar surface area (TPSA) is 65.2 Å². The monoisotopic (exact) mass is 294 g/mol. The van der Waals surface area contributed by atoms with Crippen molar-refractivity contribution in [2.45, 2.75) is 32.8 Å². The number of halogens is 1. The first kappa shape index (κ1) is 14.5.